The Morgan fingerprint density at radius 3 is 2.29 bits per heavy atom. The Hall–Kier alpha value is -2.11. The lowest BCUT2D eigenvalue weighted by Gasteiger charge is -2.08. The molecule has 0 amide bonds. The minimum Gasteiger partial charge on any atom is -0.318 e. The van der Waals surface area contributed by atoms with E-state index in [1.807, 2.05) is 30.3 Å². The lowest BCUT2D eigenvalue weighted by atomic mass is 10.1. The first kappa shape index (κ1) is 13.9. The first-order valence-corrected chi connectivity index (χ1v) is 7.25. The summed E-state index contributed by atoms with van der Waals surface area (Å²) in [6.07, 6.45) is 0. The predicted octanol–water partition coefficient (Wildman–Crippen LogP) is 4.14. The Balaban J connectivity index is 1.97. The van der Waals surface area contributed by atoms with E-state index in [1.54, 1.807) is 5.38 Å². The zero-order valence-corrected chi connectivity index (χ0v) is 11.8. The third-order valence-corrected chi connectivity index (χ3v) is 4.09. The molecule has 0 aliphatic carbocycles. The number of thiazole rings is 1. The maximum absolute atomic E-state index is 13.8. The monoisotopic (exact) mass is 302 g/mol. The van der Waals surface area contributed by atoms with Gasteiger partial charge in [0, 0.05) is 5.38 Å². The lowest BCUT2D eigenvalue weighted by Crippen LogP contribution is -2.11. The van der Waals surface area contributed by atoms with Gasteiger partial charge in [-0.15, -0.1) is 11.3 Å². The van der Waals surface area contributed by atoms with Crippen molar-refractivity contribution in [3.8, 4) is 11.3 Å². The Bertz CT molecular complexity index is 736. The SMILES string of the molecule is NC(c1ccccc1)c1nc(-c2c(F)cccc2F)cs1. The fourth-order valence-electron chi connectivity index (χ4n) is 2.09. The normalized spacial score (nSPS) is 12.3. The molecule has 0 saturated heterocycles. The van der Waals surface area contributed by atoms with Gasteiger partial charge >= 0.3 is 0 Å². The predicted molar refractivity (Wildman–Crippen MR) is 79.9 cm³/mol. The van der Waals surface area contributed by atoms with Crippen LogP contribution < -0.4 is 5.73 Å². The largest absolute Gasteiger partial charge is 0.318 e. The number of benzene rings is 2. The summed E-state index contributed by atoms with van der Waals surface area (Å²) < 4.78 is 27.5. The highest BCUT2D eigenvalue weighted by molar-refractivity contribution is 7.10. The van der Waals surface area contributed by atoms with Crippen LogP contribution in [0.15, 0.2) is 53.9 Å². The van der Waals surface area contributed by atoms with Gasteiger partial charge in [0.2, 0.25) is 0 Å². The van der Waals surface area contributed by atoms with Gasteiger partial charge in [-0.05, 0) is 17.7 Å². The molecule has 2 aromatic carbocycles. The van der Waals surface area contributed by atoms with Crippen molar-refractivity contribution in [2.24, 2.45) is 5.73 Å². The molecule has 5 heteroatoms. The van der Waals surface area contributed by atoms with E-state index in [1.165, 1.54) is 29.5 Å². The highest BCUT2D eigenvalue weighted by Crippen LogP contribution is 2.30. The molecule has 2 N–H and O–H groups in total. The van der Waals surface area contributed by atoms with Crippen molar-refractivity contribution < 1.29 is 8.78 Å². The summed E-state index contributed by atoms with van der Waals surface area (Å²) in [4.78, 5) is 4.29. The fraction of sp³-hybridized carbons (Fsp3) is 0.0625. The molecule has 0 bridgehead atoms. The molecule has 0 aliphatic heterocycles. The van der Waals surface area contributed by atoms with E-state index in [0.29, 0.717) is 5.01 Å². The summed E-state index contributed by atoms with van der Waals surface area (Å²) >= 11 is 1.30. The van der Waals surface area contributed by atoms with Gasteiger partial charge < -0.3 is 5.73 Å². The average molecular weight is 302 g/mol. The van der Waals surface area contributed by atoms with Gasteiger partial charge in [0.1, 0.15) is 16.6 Å². The highest BCUT2D eigenvalue weighted by Gasteiger charge is 2.17. The summed E-state index contributed by atoms with van der Waals surface area (Å²) in [5.41, 5.74) is 7.22. The molecule has 0 aliphatic rings. The molecule has 1 aromatic heterocycles. The van der Waals surface area contributed by atoms with Crippen LogP contribution in [0.4, 0.5) is 8.78 Å². The lowest BCUT2D eigenvalue weighted by molar-refractivity contribution is 0.588. The van der Waals surface area contributed by atoms with E-state index in [2.05, 4.69) is 4.98 Å². The Morgan fingerprint density at radius 2 is 1.62 bits per heavy atom. The van der Waals surface area contributed by atoms with E-state index in [4.69, 9.17) is 5.73 Å². The number of hydrogen-bond donors (Lipinski definition) is 1. The van der Waals surface area contributed by atoms with Crippen molar-refractivity contribution in [2.45, 2.75) is 6.04 Å². The Labute approximate surface area is 124 Å². The summed E-state index contributed by atoms with van der Waals surface area (Å²) in [5, 5.41) is 2.25. The topological polar surface area (TPSA) is 38.9 Å². The Morgan fingerprint density at radius 1 is 0.952 bits per heavy atom. The fourth-order valence-corrected chi connectivity index (χ4v) is 2.93. The first-order valence-electron chi connectivity index (χ1n) is 6.37. The van der Waals surface area contributed by atoms with Crippen LogP contribution in [0.3, 0.4) is 0 Å². The third-order valence-electron chi connectivity index (χ3n) is 3.17. The van der Waals surface area contributed by atoms with Crippen LogP contribution in [-0.4, -0.2) is 4.98 Å². The molecular formula is C16H12F2N2S. The molecule has 0 fully saturated rings. The molecule has 1 unspecified atom stereocenters. The van der Waals surface area contributed by atoms with E-state index < -0.39 is 17.7 Å². The van der Waals surface area contributed by atoms with Crippen molar-refractivity contribution in [1.29, 1.82) is 0 Å². The van der Waals surface area contributed by atoms with Crippen LogP contribution in [0.5, 0.6) is 0 Å². The van der Waals surface area contributed by atoms with E-state index in [-0.39, 0.29) is 11.3 Å². The van der Waals surface area contributed by atoms with Gasteiger partial charge in [-0.3, -0.25) is 0 Å². The quantitative estimate of drug-likeness (QED) is 0.790. The number of halogens is 2. The number of rotatable bonds is 3. The zero-order valence-electron chi connectivity index (χ0n) is 11.0. The van der Waals surface area contributed by atoms with Gasteiger partial charge in [-0.25, -0.2) is 13.8 Å². The van der Waals surface area contributed by atoms with Crippen molar-refractivity contribution in [2.75, 3.05) is 0 Å². The van der Waals surface area contributed by atoms with Crippen LogP contribution in [0, 0.1) is 11.6 Å². The molecule has 1 atom stereocenters. The molecule has 2 nitrogen and oxygen atoms in total. The standard InChI is InChI=1S/C16H12F2N2S/c17-11-7-4-8-12(18)14(11)13-9-21-16(20-13)15(19)10-5-2-1-3-6-10/h1-9,15H,19H2. The van der Waals surface area contributed by atoms with Gasteiger partial charge in [-0.2, -0.15) is 0 Å². The van der Waals surface area contributed by atoms with Crippen LogP contribution in [0.2, 0.25) is 0 Å². The second-order valence-corrected chi connectivity index (χ2v) is 5.45. The number of aromatic nitrogens is 1. The van der Waals surface area contributed by atoms with E-state index in [9.17, 15) is 8.78 Å². The van der Waals surface area contributed by atoms with Crippen molar-refractivity contribution in [3.05, 3.63) is 76.1 Å². The molecule has 0 radical (unpaired) electrons. The van der Waals surface area contributed by atoms with Crippen LogP contribution >= 0.6 is 11.3 Å². The third kappa shape index (κ3) is 2.70. The van der Waals surface area contributed by atoms with Gasteiger partial charge in [0.15, 0.2) is 0 Å². The molecule has 21 heavy (non-hydrogen) atoms. The van der Waals surface area contributed by atoms with Crippen LogP contribution in [0.25, 0.3) is 11.3 Å². The maximum atomic E-state index is 13.8. The van der Waals surface area contributed by atoms with Crippen molar-refractivity contribution >= 4 is 11.3 Å². The van der Waals surface area contributed by atoms with Gasteiger partial charge in [-0.1, -0.05) is 36.4 Å². The van der Waals surface area contributed by atoms with Crippen LogP contribution in [-0.2, 0) is 0 Å². The first-order chi connectivity index (χ1) is 10.2. The average Bonchev–Trinajstić information content (AvgIpc) is 2.97. The maximum Gasteiger partial charge on any atom is 0.135 e. The summed E-state index contributed by atoms with van der Waals surface area (Å²) in [6.45, 7) is 0. The summed E-state index contributed by atoms with van der Waals surface area (Å²) in [6, 6.07) is 12.8. The number of nitrogens with two attached hydrogens (primary N) is 1. The van der Waals surface area contributed by atoms with Crippen molar-refractivity contribution in [1.82, 2.24) is 4.98 Å². The molecule has 0 spiro atoms. The van der Waals surface area contributed by atoms with Crippen LogP contribution in [0.1, 0.15) is 16.6 Å². The Kier molecular flexibility index (Phi) is 3.77. The molecule has 3 rings (SSSR count). The molecule has 1 heterocycles. The minimum absolute atomic E-state index is 0.111. The zero-order chi connectivity index (χ0) is 14.8. The summed E-state index contributed by atoms with van der Waals surface area (Å²) in [5.74, 6) is -1.25. The summed E-state index contributed by atoms with van der Waals surface area (Å²) in [7, 11) is 0. The van der Waals surface area contributed by atoms with E-state index >= 15 is 0 Å². The second-order valence-electron chi connectivity index (χ2n) is 4.56. The molecule has 3 aromatic rings. The number of nitrogens with zero attached hydrogens (tertiary/aromatic N) is 1. The second kappa shape index (κ2) is 5.71. The van der Waals surface area contributed by atoms with E-state index in [0.717, 1.165) is 5.56 Å². The molecular weight excluding hydrogens is 290 g/mol. The molecule has 106 valence electrons. The highest BCUT2D eigenvalue weighted by atomic mass is 32.1. The number of hydrogen-bond acceptors (Lipinski definition) is 3. The molecule has 0 saturated carbocycles. The minimum atomic E-state index is -0.625. The van der Waals surface area contributed by atoms with Crippen molar-refractivity contribution in [3.63, 3.8) is 0 Å². The smallest absolute Gasteiger partial charge is 0.135 e. The van der Waals surface area contributed by atoms with Gasteiger partial charge in [0.25, 0.3) is 0 Å². The van der Waals surface area contributed by atoms with Gasteiger partial charge in [0.05, 0.1) is 17.3 Å².